The minimum Gasteiger partial charge on any atom is -0.453 e. The molecule has 9 nitrogen and oxygen atoms in total. The lowest BCUT2D eigenvalue weighted by Crippen LogP contribution is -2.40. The number of aromatic nitrogens is 3. The van der Waals surface area contributed by atoms with Gasteiger partial charge in [-0.3, -0.25) is 19.3 Å². The first-order valence-corrected chi connectivity index (χ1v) is 10.8. The summed E-state index contributed by atoms with van der Waals surface area (Å²) in [5.41, 5.74) is 0. The van der Waals surface area contributed by atoms with Gasteiger partial charge in [0, 0.05) is 39.0 Å². The van der Waals surface area contributed by atoms with Gasteiger partial charge in [0.25, 0.3) is 11.8 Å². The normalized spacial score (nSPS) is 11.9. The van der Waals surface area contributed by atoms with E-state index in [2.05, 4.69) is 29.1 Å². The number of amides is 2. The van der Waals surface area contributed by atoms with Gasteiger partial charge in [-0.1, -0.05) is 25.2 Å². The maximum absolute atomic E-state index is 12.8. The van der Waals surface area contributed by atoms with Gasteiger partial charge in [-0.15, -0.1) is 0 Å². The van der Waals surface area contributed by atoms with Crippen molar-refractivity contribution < 1.29 is 19.1 Å². The zero-order valence-corrected chi connectivity index (χ0v) is 18.6. The van der Waals surface area contributed by atoms with Gasteiger partial charge in [-0.25, -0.2) is 9.97 Å². The SMILES string of the molecule is CC(=O)OC(C)C(=O)N(CCC(C)C)c1ncc(C(=O)NCCCn2ccnc2)s1. The molecule has 2 amide bonds. The fourth-order valence-corrected chi connectivity index (χ4v) is 3.53. The van der Waals surface area contributed by atoms with Crippen molar-refractivity contribution in [2.24, 2.45) is 5.92 Å². The van der Waals surface area contributed by atoms with Crippen LogP contribution in [0.3, 0.4) is 0 Å². The van der Waals surface area contributed by atoms with Crippen molar-refractivity contribution in [2.75, 3.05) is 18.0 Å². The summed E-state index contributed by atoms with van der Waals surface area (Å²) in [4.78, 5) is 46.6. The summed E-state index contributed by atoms with van der Waals surface area (Å²) >= 11 is 1.15. The molecule has 0 fully saturated rings. The quantitative estimate of drug-likeness (QED) is 0.429. The number of rotatable bonds is 11. The van der Waals surface area contributed by atoms with E-state index in [1.54, 1.807) is 12.5 Å². The average molecular weight is 436 g/mol. The summed E-state index contributed by atoms with van der Waals surface area (Å²) in [6, 6.07) is 0. The van der Waals surface area contributed by atoms with Gasteiger partial charge >= 0.3 is 5.97 Å². The summed E-state index contributed by atoms with van der Waals surface area (Å²) in [7, 11) is 0. The van der Waals surface area contributed by atoms with Crippen LogP contribution in [0.5, 0.6) is 0 Å². The molecule has 2 heterocycles. The van der Waals surface area contributed by atoms with Crippen LogP contribution in [0.1, 0.15) is 50.2 Å². The third kappa shape index (κ3) is 7.25. The Hall–Kier alpha value is -2.75. The van der Waals surface area contributed by atoms with E-state index >= 15 is 0 Å². The number of carbonyl (C=O) groups is 3. The molecule has 0 saturated carbocycles. The molecule has 1 atom stereocenters. The number of nitrogens with zero attached hydrogens (tertiary/aromatic N) is 4. The van der Waals surface area contributed by atoms with Crippen molar-refractivity contribution in [3.05, 3.63) is 29.8 Å². The first-order chi connectivity index (χ1) is 14.3. The van der Waals surface area contributed by atoms with E-state index in [1.165, 1.54) is 24.9 Å². The Morgan fingerprint density at radius 3 is 2.70 bits per heavy atom. The molecule has 0 radical (unpaired) electrons. The average Bonchev–Trinajstić information content (AvgIpc) is 3.36. The Morgan fingerprint density at radius 2 is 2.07 bits per heavy atom. The number of carbonyl (C=O) groups excluding carboxylic acids is 3. The number of hydrogen-bond donors (Lipinski definition) is 1. The Morgan fingerprint density at radius 1 is 1.30 bits per heavy atom. The molecule has 0 aromatic carbocycles. The second kappa shape index (κ2) is 11.4. The van der Waals surface area contributed by atoms with Gasteiger partial charge in [0.15, 0.2) is 11.2 Å². The Bertz CT molecular complexity index is 834. The molecule has 10 heteroatoms. The number of hydrogen-bond acceptors (Lipinski definition) is 7. The smallest absolute Gasteiger partial charge is 0.303 e. The first kappa shape index (κ1) is 23.5. The van der Waals surface area contributed by atoms with Gasteiger partial charge in [0.1, 0.15) is 4.88 Å². The van der Waals surface area contributed by atoms with Crippen LogP contribution >= 0.6 is 11.3 Å². The van der Waals surface area contributed by atoms with E-state index in [4.69, 9.17) is 4.74 Å². The second-order valence-corrected chi connectivity index (χ2v) is 8.35. The molecular weight excluding hydrogens is 406 g/mol. The molecule has 0 saturated heterocycles. The van der Waals surface area contributed by atoms with E-state index in [1.807, 2.05) is 10.8 Å². The molecule has 30 heavy (non-hydrogen) atoms. The van der Waals surface area contributed by atoms with Gasteiger partial charge in [0.2, 0.25) is 0 Å². The summed E-state index contributed by atoms with van der Waals surface area (Å²) in [5.74, 6) is -0.724. The molecule has 0 spiro atoms. The molecule has 0 bridgehead atoms. The molecule has 2 rings (SSSR count). The van der Waals surface area contributed by atoms with Gasteiger partial charge < -0.3 is 14.6 Å². The van der Waals surface area contributed by atoms with Gasteiger partial charge in [-0.05, 0) is 25.7 Å². The molecule has 2 aromatic heterocycles. The lowest BCUT2D eigenvalue weighted by molar-refractivity contribution is -0.151. The highest BCUT2D eigenvalue weighted by Crippen LogP contribution is 2.24. The predicted octanol–water partition coefficient (Wildman–Crippen LogP) is 2.49. The summed E-state index contributed by atoms with van der Waals surface area (Å²) in [6.45, 7) is 8.63. The lowest BCUT2D eigenvalue weighted by Gasteiger charge is -2.23. The predicted molar refractivity (Wildman–Crippen MR) is 114 cm³/mol. The largest absolute Gasteiger partial charge is 0.453 e. The summed E-state index contributed by atoms with van der Waals surface area (Å²) in [6.07, 6.45) is 7.40. The zero-order valence-electron chi connectivity index (χ0n) is 17.8. The van der Waals surface area contributed by atoms with E-state index in [0.29, 0.717) is 29.0 Å². The number of ether oxygens (including phenoxy) is 1. The zero-order chi connectivity index (χ0) is 22.1. The number of nitrogens with one attached hydrogen (secondary N) is 1. The van der Waals surface area contributed by atoms with Crippen molar-refractivity contribution in [1.29, 1.82) is 0 Å². The molecule has 0 aliphatic heterocycles. The van der Waals surface area contributed by atoms with Crippen molar-refractivity contribution in [3.63, 3.8) is 0 Å². The second-order valence-electron chi connectivity index (χ2n) is 7.34. The summed E-state index contributed by atoms with van der Waals surface area (Å²) < 4.78 is 6.98. The summed E-state index contributed by atoms with van der Waals surface area (Å²) in [5, 5.41) is 3.29. The van der Waals surface area contributed by atoms with E-state index in [9.17, 15) is 14.4 Å². The van der Waals surface area contributed by atoms with Crippen LogP contribution < -0.4 is 10.2 Å². The number of anilines is 1. The van der Waals surface area contributed by atoms with Crippen molar-refractivity contribution >= 4 is 34.3 Å². The molecule has 1 unspecified atom stereocenters. The third-order valence-electron chi connectivity index (χ3n) is 4.27. The van der Waals surface area contributed by atoms with Crippen molar-refractivity contribution in [1.82, 2.24) is 19.9 Å². The van der Waals surface area contributed by atoms with Crippen LogP contribution in [0.15, 0.2) is 24.9 Å². The van der Waals surface area contributed by atoms with E-state index in [0.717, 1.165) is 30.7 Å². The van der Waals surface area contributed by atoms with Crippen molar-refractivity contribution in [2.45, 2.75) is 53.2 Å². The maximum atomic E-state index is 12.8. The van der Waals surface area contributed by atoms with Crippen LogP contribution in [0.4, 0.5) is 5.13 Å². The Kier molecular flexibility index (Phi) is 8.97. The highest BCUT2D eigenvalue weighted by atomic mass is 32.1. The molecule has 2 aromatic rings. The standard InChI is InChI=1S/C20H29N5O4S/c1-14(2)6-10-25(19(28)15(3)29-16(4)26)20-23-12-17(30-20)18(27)22-7-5-9-24-11-8-21-13-24/h8,11-15H,5-7,9-10H2,1-4H3,(H,22,27). The topological polar surface area (TPSA) is 106 Å². The van der Waals surface area contributed by atoms with Gasteiger partial charge in [0.05, 0.1) is 12.5 Å². The van der Waals surface area contributed by atoms with Crippen LogP contribution in [0.25, 0.3) is 0 Å². The minimum absolute atomic E-state index is 0.228. The van der Waals surface area contributed by atoms with Crippen LogP contribution in [-0.2, 0) is 20.9 Å². The van der Waals surface area contributed by atoms with E-state index in [-0.39, 0.29) is 11.8 Å². The van der Waals surface area contributed by atoms with E-state index < -0.39 is 12.1 Å². The molecular formula is C20H29N5O4S. The van der Waals surface area contributed by atoms with Crippen LogP contribution in [0, 0.1) is 5.92 Å². The fraction of sp³-hybridized carbons (Fsp3) is 0.550. The number of esters is 1. The molecule has 0 aliphatic carbocycles. The highest BCUT2D eigenvalue weighted by Gasteiger charge is 2.27. The number of imidazole rings is 1. The lowest BCUT2D eigenvalue weighted by atomic mass is 10.1. The minimum atomic E-state index is -0.918. The molecule has 0 aliphatic rings. The number of aryl methyl sites for hydroxylation is 1. The van der Waals surface area contributed by atoms with Gasteiger partial charge in [-0.2, -0.15) is 0 Å². The van der Waals surface area contributed by atoms with Crippen molar-refractivity contribution in [3.8, 4) is 0 Å². The fourth-order valence-electron chi connectivity index (χ4n) is 2.67. The maximum Gasteiger partial charge on any atom is 0.303 e. The Balaban J connectivity index is 1.98. The molecule has 1 N–H and O–H groups in total. The van der Waals surface area contributed by atoms with Crippen LogP contribution in [0.2, 0.25) is 0 Å². The first-order valence-electron chi connectivity index (χ1n) is 9.96. The van der Waals surface area contributed by atoms with Crippen LogP contribution in [-0.4, -0.2) is 51.5 Å². The highest BCUT2D eigenvalue weighted by molar-refractivity contribution is 7.17. The third-order valence-corrected chi connectivity index (χ3v) is 5.29. The monoisotopic (exact) mass is 435 g/mol. The molecule has 164 valence electrons. The Labute approximate surface area is 180 Å². The number of thiazole rings is 1.